The third-order valence-electron chi connectivity index (χ3n) is 4.53. The van der Waals surface area contributed by atoms with Crippen LogP contribution in [-0.2, 0) is 0 Å². The van der Waals surface area contributed by atoms with Crippen LogP contribution >= 0.6 is 11.8 Å². The molecule has 1 heterocycles. The summed E-state index contributed by atoms with van der Waals surface area (Å²) in [6, 6.07) is 10.6. The van der Waals surface area contributed by atoms with Crippen LogP contribution in [0.2, 0.25) is 0 Å². The predicted molar refractivity (Wildman–Crippen MR) is 98.7 cm³/mol. The van der Waals surface area contributed by atoms with Gasteiger partial charge in [-0.2, -0.15) is 0 Å². The number of nitrogens with two attached hydrogens (primary N) is 1. The van der Waals surface area contributed by atoms with Gasteiger partial charge in [0.25, 0.3) is 0 Å². The highest BCUT2D eigenvalue weighted by molar-refractivity contribution is 7.99. The van der Waals surface area contributed by atoms with Gasteiger partial charge in [0.1, 0.15) is 5.82 Å². The van der Waals surface area contributed by atoms with E-state index >= 15 is 0 Å². The standard InChI is InChI=1S/C19H25N3S/c1-2-23-19-21-17(13-18(20)22-19)16-12-8-7-11-15(16)14-9-5-3-4-6-10-14/h7-8,11-14H,2-6,9-10H2,1H3,(H2,20,21,22). The Bertz CT molecular complexity index is 649. The van der Waals surface area contributed by atoms with Gasteiger partial charge in [0, 0.05) is 11.6 Å². The van der Waals surface area contributed by atoms with E-state index < -0.39 is 0 Å². The van der Waals surface area contributed by atoms with Crippen molar-refractivity contribution in [3.63, 3.8) is 0 Å². The average molecular weight is 327 g/mol. The zero-order valence-electron chi connectivity index (χ0n) is 13.8. The molecule has 0 radical (unpaired) electrons. The van der Waals surface area contributed by atoms with Crippen LogP contribution in [0.1, 0.15) is 56.9 Å². The van der Waals surface area contributed by atoms with Gasteiger partial charge in [-0.1, -0.05) is 68.6 Å². The quantitative estimate of drug-likeness (QED) is 0.472. The van der Waals surface area contributed by atoms with Gasteiger partial charge in [-0.25, -0.2) is 9.97 Å². The number of nitrogen functional groups attached to an aromatic ring is 1. The van der Waals surface area contributed by atoms with Crippen molar-refractivity contribution in [2.75, 3.05) is 11.5 Å². The average Bonchev–Trinajstić information content (AvgIpc) is 2.84. The molecule has 3 nitrogen and oxygen atoms in total. The van der Waals surface area contributed by atoms with E-state index in [1.165, 1.54) is 49.7 Å². The van der Waals surface area contributed by atoms with E-state index in [0.29, 0.717) is 11.7 Å². The number of hydrogen-bond donors (Lipinski definition) is 1. The van der Waals surface area contributed by atoms with Crippen LogP contribution in [0.5, 0.6) is 0 Å². The molecule has 3 rings (SSSR count). The smallest absolute Gasteiger partial charge is 0.190 e. The van der Waals surface area contributed by atoms with E-state index in [0.717, 1.165) is 16.6 Å². The summed E-state index contributed by atoms with van der Waals surface area (Å²) in [7, 11) is 0. The lowest BCUT2D eigenvalue weighted by atomic mass is 9.87. The van der Waals surface area contributed by atoms with Gasteiger partial charge >= 0.3 is 0 Å². The molecule has 4 heteroatoms. The number of nitrogens with zero attached hydrogens (tertiary/aromatic N) is 2. The van der Waals surface area contributed by atoms with Crippen molar-refractivity contribution in [3.05, 3.63) is 35.9 Å². The number of rotatable bonds is 4. The molecule has 0 atom stereocenters. The Labute approximate surface area is 143 Å². The first kappa shape index (κ1) is 16.3. The van der Waals surface area contributed by atoms with Crippen LogP contribution in [-0.4, -0.2) is 15.7 Å². The fourth-order valence-corrected chi connectivity index (χ4v) is 4.04. The third-order valence-corrected chi connectivity index (χ3v) is 5.26. The van der Waals surface area contributed by atoms with Crippen LogP contribution in [0.3, 0.4) is 0 Å². The summed E-state index contributed by atoms with van der Waals surface area (Å²) < 4.78 is 0. The summed E-state index contributed by atoms with van der Waals surface area (Å²) in [4.78, 5) is 9.08. The topological polar surface area (TPSA) is 51.8 Å². The van der Waals surface area contributed by atoms with Crippen LogP contribution in [0.25, 0.3) is 11.3 Å². The highest BCUT2D eigenvalue weighted by Gasteiger charge is 2.19. The summed E-state index contributed by atoms with van der Waals surface area (Å²) in [6.45, 7) is 2.11. The Morgan fingerprint density at radius 1 is 1.09 bits per heavy atom. The lowest BCUT2D eigenvalue weighted by Crippen LogP contribution is -2.03. The monoisotopic (exact) mass is 327 g/mol. The highest BCUT2D eigenvalue weighted by atomic mass is 32.2. The van der Waals surface area contributed by atoms with Crippen LogP contribution in [0.4, 0.5) is 5.82 Å². The maximum Gasteiger partial charge on any atom is 0.190 e. The predicted octanol–water partition coefficient (Wildman–Crippen LogP) is 5.28. The van der Waals surface area contributed by atoms with Crippen molar-refractivity contribution in [2.24, 2.45) is 0 Å². The van der Waals surface area contributed by atoms with Gasteiger partial charge < -0.3 is 5.73 Å². The summed E-state index contributed by atoms with van der Waals surface area (Å²) in [6.07, 6.45) is 7.98. The number of hydrogen-bond acceptors (Lipinski definition) is 4. The van der Waals surface area contributed by atoms with Crippen molar-refractivity contribution < 1.29 is 0 Å². The molecular formula is C19H25N3S. The molecule has 0 spiro atoms. The fourth-order valence-electron chi connectivity index (χ4n) is 3.45. The fraction of sp³-hybridized carbons (Fsp3) is 0.474. The summed E-state index contributed by atoms with van der Waals surface area (Å²) in [5.41, 5.74) is 9.64. The molecule has 1 aromatic carbocycles. The van der Waals surface area contributed by atoms with Gasteiger partial charge in [0.2, 0.25) is 0 Å². The van der Waals surface area contributed by atoms with E-state index in [2.05, 4.69) is 36.2 Å². The molecular weight excluding hydrogens is 302 g/mol. The minimum atomic E-state index is 0.557. The van der Waals surface area contributed by atoms with E-state index in [1.807, 2.05) is 6.07 Å². The van der Waals surface area contributed by atoms with Gasteiger partial charge in [-0.05, 0) is 30.1 Å². The van der Waals surface area contributed by atoms with Gasteiger partial charge in [0.15, 0.2) is 5.16 Å². The molecule has 1 aromatic heterocycles. The number of anilines is 1. The zero-order valence-corrected chi connectivity index (χ0v) is 14.6. The maximum absolute atomic E-state index is 6.02. The molecule has 2 aromatic rings. The first-order valence-corrected chi connectivity index (χ1v) is 9.63. The molecule has 122 valence electrons. The van der Waals surface area contributed by atoms with Crippen LogP contribution < -0.4 is 5.73 Å². The van der Waals surface area contributed by atoms with Gasteiger partial charge in [-0.15, -0.1) is 0 Å². The lowest BCUT2D eigenvalue weighted by molar-refractivity contribution is 0.593. The Morgan fingerprint density at radius 2 is 1.83 bits per heavy atom. The van der Waals surface area contributed by atoms with Crippen LogP contribution in [0, 0.1) is 0 Å². The molecule has 1 aliphatic carbocycles. The molecule has 23 heavy (non-hydrogen) atoms. The van der Waals surface area contributed by atoms with E-state index in [-0.39, 0.29) is 0 Å². The number of aromatic nitrogens is 2. The molecule has 1 aliphatic rings. The first-order valence-electron chi connectivity index (χ1n) is 8.64. The van der Waals surface area contributed by atoms with E-state index in [9.17, 15) is 0 Å². The minimum absolute atomic E-state index is 0.557. The number of benzene rings is 1. The largest absolute Gasteiger partial charge is 0.384 e. The second-order valence-electron chi connectivity index (χ2n) is 6.17. The molecule has 0 saturated heterocycles. The molecule has 2 N–H and O–H groups in total. The second-order valence-corrected chi connectivity index (χ2v) is 7.40. The van der Waals surface area contributed by atoms with Gasteiger partial charge in [0.05, 0.1) is 5.69 Å². The van der Waals surface area contributed by atoms with Crippen molar-refractivity contribution in [1.82, 2.24) is 9.97 Å². The Morgan fingerprint density at radius 3 is 2.57 bits per heavy atom. The van der Waals surface area contributed by atoms with Crippen LogP contribution in [0.15, 0.2) is 35.5 Å². The lowest BCUT2D eigenvalue weighted by Gasteiger charge is -2.19. The highest BCUT2D eigenvalue weighted by Crippen LogP contribution is 2.37. The molecule has 1 fully saturated rings. The van der Waals surface area contributed by atoms with Crippen molar-refractivity contribution >= 4 is 17.6 Å². The molecule has 0 aliphatic heterocycles. The molecule has 0 unspecified atom stereocenters. The van der Waals surface area contributed by atoms with E-state index in [4.69, 9.17) is 10.7 Å². The van der Waals surface area contributed by atoms with Crippen molar-refractivity contribution in [1.29, 1.82) is 0 Å². The molecule has 1 saturated carbocycles. The van der Waals surface area contributed by atoms with Crippen molar-refractivity contribution in [3.8, 4) is 11.3 Å². The Balaban J connectivity index is 1.99. The second kappa shape index (κ2) is 7.82. The zero-order chi connectivity index (χ0) is 16.1. The summed E-state index contributed by atoms with van der Waals surface area (Å²) in [5, 5.41) is 0.776. The molecule has 0 amide bonds. The normalized spacial score (nSPS) is 16.2. The van der Waals surface area contributed by atoms with E-state index in [1.54, 1.807) is 11.8 Å². The third kappa shape index (κ3) is 4.05. The Hall–Kier alpha value is -1.55. The SMILES string of the molecule is CCSc1nc(N)cc(-c2ccccc2C2CCCCCC2)n1. The first-order chi connectivity index (χ1) is 11.3. The summed E-state index contributed by atoms with van der Waals surface area (Å²) in [5.74, 6) is 2.15. The number of thioether (sulfide) groups is 1. The molecule has 0 bridgehead atoms. The summed E-state index contributed by atoms with van der Waals surface area (Å²) >= 11 is 1.64. The van der Waals surface area contributed by atoms with Crippen molar-refractivity contribution in [2.45, 2.75) is 56.5 Å². The Kier molecular flexibility index (Phi) is 5.55. The minimum Gasteiger partial charge on any atom is -0.384 e. The maximum atomic E-state index is 6.02. The van der Waals surface area contributed by atoms with Gasteiger partial charge in [-0.3, -0.25) is 0 Å².